The number of aliphatic hydroxyl groups excluding tert-OH is 2. The van der Waals surface area contributed by atoms with E-state index in [-0.39, 0.29) is 47.9 Å². The Kier molecular flexibility index (Phi) is 5.06. The van der Waals surface area contributed by atoms with Crippen LogP contribution in [0.25, 0.3) is 0 Å². The number of rotatable bonds is 4. The number of hydrogen-bond donors (Lipinski definition) is 2. The quantitative estimate of drug-likeness (QED) is 0.698. The maximum absolute atomic E-state index is 12.8. The first-order valence-corrected chi connectivity index (χ1v) is 10.6. The number of aliphatic hydroxyl groups is 2. The molecule has 0 heterocycles. The maximum Gasteiger partial charge on any atom is 0.303 e. The zero-order valence-corrected chi connectivity index (χ0v) is 17.1. The van der Waals surface area contributed by atoms with Crippen LogP contribution in [0.4, 0.5) is 0 Å². The molecular weight excluding hydrogens is 372 g/mol. The van der Waals surface area contributed by atoms with E-state index in [0.717, 1.165) is 24.8 Å². The van der Waals surface area contributed by atoms with E-state index in [1.807, 2.05) is 6.08 Å². The van der Waals surface area contributed by atoms with Gasteiger partial charge in [-0.05, 0) is 56.1 Å². The smallest absolute Gasteiger partial charge is 0.303 e. The van der Waals surface area contributed by atoms with E-state index < -0.39 is 23.4 Å². The second-order valence-corrected chi connectivity index (χ2v) is 9.56. The first-order chi connectivity index (χ1) is 13.7. The fourth-order valence-electron chi connectivity index (χ4n) is 7.16. The SMILES string of the molecule is CC(=O)OCC(=O)C1CCC2C3CCC4=CC(=O)C=CC4(C)C3C(O)CC12CO. The molecule has 6 nitrogen and oxygen atoms in total. The van der Waals surface area contributed by atoms with Crippen molar-refractivity contribution in [1.29, 1.82) is 0 Å². The molecule has 0 bridgehead atoms. The minimum atomic E-state index is -0.669. The number of esters is 1. The van der Waals surface area contributed by atoms with Crippen LogP contribution in [0.5, 0.6) is 0 Å². The van der Waals surface area contributed by atoms with Crippen molar-refractivity contribution in [2.75, 3.05) is 13.2 Å². The number of allylic oxidation sites excluding steroid dienone is 4. The van der Waals surface area contributed by atoms with Gasteiger partial charge in [-0.15, -0.1) is 0 Å². The molecule has 4 rings (SSSR count). The summed E-state index contributed by atoms with van der Waals surface area (Å²) in [4.78, 5) is 35.8. The molecule has 4 aliphatic rings. The summed E-state index contributed by atoms with van der Waals surface area (Å²) in [5.41, 5.74) is 0.0589. The summed E-state index contributed by atoms with van der Waals surface area (Å²) in [7, 11) is 0. The molecule has 7 unspecified atom stereocenters. The molecule has 0 aliphatic heterocycles. The van der Waals surface area contributed by atoms with Crippen molar-refractivity contribution in [3.05, 3.63) is 23.8 Å². The average molecular weight is 402 g/mol. The minimum Gasteiger partial charge on any atom is -0.458 e. The second-order valence-electron chi connectivity index (χ2n) is 9.56. The van der Waals surface area contributed by atoms with Crippen LogP contribution in [-0.2, 0) is 19.1 Å². The molecule has 158 valence electrons. The van der Waals surface area contributed by atoms with Crippen molar-refractivity contribution in [3.63, 3.8) is 0 Å². The van der Waals surface area contributed by atoms with Crippen molar-refractivity contribution in [1.82, 2.24) is 0 Å². The lowest BCUT2D eigenvalue weighted by molar-refractivity contribution is -0.158. The number of carbonyl (C=O) groups is 3. The summed E-state index contributed by atoms with van der Waals surface area (Å²) in [6.07, 6.45) is 8.08. The van der Waals surface area contributed by atoms with Crippen LogP contribution in [0.2, 0.25) is 0 Å². The molecule has 0 aromatic rings. The van der Waals surface area contributed by atoms with Gasteiger partial charge in [-0.1, -0.05) is 18.6 Å². The largest absolute Gasteiger partial charge is 0.458 e. The second kappa shape index (κ2) is 7.17. The Balaban J connectivity index is 1.65. The monoisotopic (exact) mass is 402 g/mol. The van der Waals surface area contributed by atoms with Gasteiger partial charge in [0.15, 0.2) is 11.6 Å². The minimum absolute atomic E-state index is 0.00271. The number of carbonyl (C=O) groups excluding carboxylic acids is 3. The highest BCUT2D eigenvalue weighted by Crippen LogP contribution is 2.66. The molecule has 4 aliphatic carbocycles. The number of hydrogen-bond acceptors (Lipinski definition) is 6. The van der Waals surface area contributed by atoms with Gasteiger partial charge in [0, 0.05) is 36.2 Å². The highest BCUT2D eigenvalue weighted by Gasteiger charge is 2.64. The van der Waals surface area contributed by atoms with E-state index in [9.17, 15) is 24.6 Å². The molecule has 0 aromatic heterocycles. The third kappa shape index (κ3) is 3.03. The van der Waals surface area contributed by atoms with E-state index in [1.54, 1.807) is 12.2 Å². The standard InChI is InChI=1S/C23H30O6/c1-13(25)29-11-20(28)18-6-5-17-16-4-3-14-9-15(26)7-8-22(14,2)21(16)19(27)10-23(17,18)12-24/h7-9,16-19,21,24,27H,3-6,10-12H2,1-2H3. The Hall–Kier alpha value is -1.79. The topological polar surface area (TPSA) is 101 Å². The highest BCUT2D eigenvalue weighted by molar-refractivity contribution is 6.01. The predicted octanol–water partition coefficient (Wildman–Crippen LogP) is 1.99. The molecule has 29 heavy (non-hydrogen) atoms. The van der Waals surface area contributed by atoms with Gasteiger partial charge in [0.25, 0.3) is 0 Å². The Bertz CT molecular complexity index is 797. The summed E-state index contributed by atoms with van der Waals surface area (Å²) in [6, 6.07) is 0. The summed E-state index contributed by atoms with van der Waals surface area (Å²) >= 11 is 0. The van der Waals surface area contributed by atoms with Crippen LogP contribution < -0.4 is 0 Å². The highest BCUT2D eigenvalue weighted by atomic mass is 16.5. The van der Waals surface area contributed by atoms with Gasteiger partial charge >= 0.3 is 5.97 Å². The zero-order valence-electron chi connectivity index (χ0n) is 17.1. The van der Waals surface area contributed by atoms with Crippen molar-refractivity contribution in [2.24, 2.45) is 34.5 Å². The van der Waals surface area contributed by atoms with E-state index in [1.165, 1.54) is 6.92 Å². The zero-order chi connectivity index (χ0) is 21.0. The molecule has 2 N–H and O–H groups in total. The number of Topliss-reactive ketones (excluding diaryl/α,β-unsaturated/α-hetero) is 1. The van der Waals surface area contributed by atoms with Crippen LogP contribution in [-0.4, -0.2) is 47.1 Å². The van der Waals surface area contributed by atoms with Crippen molar-refractivity contribution < 1.29 is 29.3 Å². The molecule has 0 spiro atoms. The molecule has 0 radical (unpaired) electrons. The summed E-state index contributed by atoms with van der Waals surface area (Å²) in [5.74, 6) is -0.766. The number of ether oxygens (including phenoxy) is 1. The Labute approximate surface area is 171 Å². The van der Waals surface area contributed by atoms with Crippen molar-refractivity contribution in [2.45, 2.75) is 52.1 Å². The van der Waals surface area contributed by atoms with Gasteiger partial charge in [0.2, 0.25) is 0 Å². The third-order valence-corrected chi connectivity index (χ3v) is 8.32. The van der Waals surface area contributed by atoms with Crippen LogP contribution in [0.3, 0.4) is 0 Å². The van der Waals surface area contributed by atoms with E-state index in [2.05, 4.69) is 6.92 Å². The summed E-state index contributed by atoms with van der Waals surface area (Å²) in [5, 5.41) is 21.7. The number of ketones is 2. The maximum atomic E-state index is 12.8. The lowest BCUT2D eigenvalue weighted by Crippen LogP contribution is -2.58. The third-order valence-electron chi connectivity index (χ3n) is 8.32. The molecule has 3 saturated carbocycles. The van der Waals surface area contributed by atoms with Crippen LogP contribution >= 0.6 is 0 Å². The van der Waals surface area contributed by atoms with Crippen LogP contribution in [0.15, 0.2) is 23.8 Å². The van der Waals surface area contributed by atoms with E-state index in [0.29, 0.717) is 12.8 Å². The average Bonchev–Trinajstić information content (AvgIpc) is 3.06. The van der Waals surface area contributed by atoms with Crippen molar-refractivity contribution >= 4 is 17.5 Å². The van der Waals surface area contributed by atoms with Crippen molar-refractivity contribution in [3.8, 4) is 0 Å². The molecule has 0 saturated heterocycles. The predicted molar refractivity (Wildman–Crippen MR) is 105 cm³/mol. The molecule has 0 amide bonds. The van der Waals surface area contributed by atoms with E-state index in [4.69, 9.17) is 4.74 Å². The van der Waals surface area contributed by atoms with Gasteiger partial charge in [-0.3, -0.25) is 14.4 Å². The first kappa shape index (κ1) is 20.5. The number of fused-ring (bicyclic) bond motifs is 5. The van der Waals surface area contributed by atoms with Crippen LogP contribution in [0.1, 0.15) is 46.0 Å². The van der Waals surface area contributed by atoms with Crippen LogP contribution in [0, 0.1) is 34.5 Å². The van der Waals surface area contributed by atoms with E-state index >= 15 is 0 Å². The summed E-state index contributed by atoms with van der Waals surface area (Å²) < 4.78 is 4.93. The fourth-order valence-corrected chi connectivity index (χ4v) is 7.16. The molecule has 7 atom stereocenters. The summed E-state index contributed by atoms with van der Waals surface area (Å²) in [6.45, 7) is 2.96. The Morgan fingerprint density at radius 2 is 2.03 bits per heavy atom. The first-order valence-electron chi connectivity index (χ1n) is 10.6. The molecule has 3 fully saturated rings. The normalized spacial score (nSPS) is 43.1. The molecule has 6 heteroatoms. The van der Waals surface area contributed by atoms with Gasteiger partial charge in [-0.2, -0.15) is 0 Å². The van der Waals surface area contributed by atoms with Gasteiger partial charge in [-0.25, -0.2) is 0 Å². The van der Waals surface area contributed by atoms with Gasteiger partial charge < -0.3 is 14.9 Å². The lowest BCUT2D eigenvalue weighted by Gasteiger charge is -2.59. The molecular formula is C23H30O6. The lowest BCUT2D eigenvalue weighted by atomic mass is 9.46. The van der Waals surface area contributed by atoms with Gasteiger partial charge in [0.1, 0.15) is 6.61 Å². The fraction of sp³-hybridized carbons (Fsp3) is 0.696. The molecule has 0 aromatic carbocycles. The Morgan fingerprint density at radius 3 is 2.72 bits per heavy atom. The Morgan fingerprint density at radius 1 is 1.28 bits per heavy atom. The van der Waals surface area contributed by atoms with Gasteiger partial charge in [0.05, 0.1) is 6.10 Å².